The highest BCUT2D eigenvalue weighted by molar-refractivity contribution is 14.1. The van der Waals surface area contributed by atoms with Crippen LogP contribution in [0.25, 0.3) is 27.5 Å². The van der Waals surface area contributed by atoms with Crippen molar-refractivity contribution < 1.29 is 13.2 Å². The van der Waals surface area contributed by atoms with Gasteiger partial charge in [0.15, 0.2) is 5.69 Å². The third-order valence-corrected chi connectivity index (χ3v) is 6.45. The molecule has 0 aliphatic carbocycles. The third kappa shape index (κ3) is 4.37. The average molecular weight is 605 g/mol. The molecule has 0 N–H and O–H groups in total. The molecule has 2 heterocycles. The van der Waals surface area contributed by atoms with Crippen molar-refractivity contribution in [3.63, 3.8) is 0 Å². The Morgan fingerprint density at radius 1 is 1.06 bits per heavy atom. The van der Waals surface area contributed by atoms with Crippen molar-refractivity contribution in [2.24, 2.45) is 0 Å². The van der Waals surface area contributed by atoms with Gasteiger partial charge in [0.1, 0.15) is 0 Å². The molecule has 4 rings (SSSR count). The Morgan fingerprint density at radius 2 is 1.72 bits per heavy atom. The Hall–Kier alpha value is -3.66. The molecule has 0 bridgehead atoms. The number of benzene rings is 2. The zero-order chi connectivity index (χ0) is 26.4. The van der Waals surface area contributed by atoms with E-state index < -0.39 is 29.0 Å². The Labute approximate surface area is 217 Å². The molecule has 2 aromatic carbocycles. The van der Waals surface area contributed by atoms with Crippen LogP contribution < -0.4 is 11.2 Å². The van der Waals surface area contributed by atoms with Crippen LogP contribution >= 0.6 is 22.6 Å². The van der Waals surface area contributed by atoms with E-state index in [1.54, 1.807) is 44.3 Å². The molecular formula is C25H19F3IN5O2. The topological polar surface area (TPSA) is 66.2 Å². The molecule has 0 aliphatic heterocycles. The lowest BCUT2D eigenvalue weighted by molar-refractivity contribution is -0.137. The number of nitrogens with zero attached hydrogens (tertiary/aromatic N) is 5. The van der Waals surface area contributed by atoms with E-state index in [4.69, 9.17) is 6.57 Å². The van der Waals surface area contributed by atoms with Crippen LogP contribution in [0.3, 0.4) is 0 Å². The maximum atomic E-state index is 13.7. The van der Waals surface area contributed by atoms with Gasteiger partial charge < -0.3 is 0 Å². The summed E-state index contributed by atoms with van der Waals surface area (Å²) in [7, 11) is 0. The summed E-state index contributed by atoms with van der Waals surface area (Å²) in [5.74, 6) is 0. The number of alkyl halides is 3. The second-order valence-electron chi connectivity index (χ2n) is 8.28. The molecule has 0 fully saturated rings. The molecule has 0 saturated heterocycles. The fourth-order valence-electron chi connectivity index (χ4n) is 4.00. The van der Waals surface area contributed by atoms with Crippen molar-refractivity contribution in [2.45, 2.75) is 33.0 Å². The summed E-state index contributed by atoms with van der Waals surface area (Å²) in [6.07, 6.45) is -3.05. The van der Waals surface area contributed by atoms with Crippen molar-refractivity contribution in [3.05, 3.63) is 102 Å². The molecule has 4 aromatic rings. The van der Waals surface area contributed by atoms with Crippen molar-refractivity contribution in [1.82, 2.24) is 18.9 Å². The van der Waals surface area contributed by atoms with Crippen LogP contribution in [0.2, 0.25) is 0 Å². The molecular weight excluding hydrogens is 586 g/mol. The van der Waals surface area contributed by atoms with Gasteiger partial charge in [0.2, 0.25) is 0 Å². The number of aromatic nitrogens is 4. The fourth-order valence-corrected chi connectivity index (χ4v) is 4.62. The van der Waals surface area contributed by atoms with E-state index in [9.17, 15) is 22.8 Å². The Bertz CT molecular complexity index is 1620. The molecule has 11 heteroatoms. The van der Waals surface area contributed by atoms with Gasteiger partial charge in [-0.05, 0) is 73.7 Å². The highest BCUT2D eigenvalue weighted by Gasteiger charge is 2.31. The van der Waals surface area contributed by atoms with Crippen LogP contribution in [0.1, 0.15) is 31.1 Å². The van der Waals surface area contributed by atoms with E-state index >= 15 is 0 Å². The lowest BCUT2D eigenvalue weighted by Gasteiger charge is -2.20. The summed E-state index contributed by atoms with van der Waals surface area (Å²) in [5.41, 5.74) is -0.517. The number of hydrogen-bond donors (Lipinski definition) is 0. The zero-order valence-electron chi connectivity index (χ0n) is 19.3. The van der Waals surface area contributed by atoms with E-state index in [0.717, 1.165) is 21.3 Å². The fraction of sp³-hybridized carbons (Fsp3) is 0.200. The number of halogens is 4. The van der Waals surface area contributed by atoms with E-state index in [-0.39, 0.29) is 16.9 Å². The highest BCUT2D eigenvalue weighted by Crippen LogP contribution is 2.32. The van der Waals surface area contributed by atoms with Gasteiger partial charge in [0.05, 0.1) is 44.5 Å². The average Bonchev–Trinajstić information content (AvgIpc) is 3.19. The zero-order valence-corrected chi connectivity index (χ0v) is 21.5. The quantitative estimate of drug-likeness (QED) is 0.215. The third-order valence-electron chi connectivity index (χ3n) is 5.66. The molecule has 0 saturated carbocycles. The van der Waals surface area contributed by atoms with Gasteiger partial charge in [0, 0.05) is 11.7 Å². The van der Waals surface area contributed by atoms with Crippen LogP contribution in [0.15, 0.2) is 64.3 Å². The second-order valence-corrected chi connectivity index (χ2v) is 9.44. The van der Waals surface area contributed by atoms with Crippen LogP contribution in [0, 0.1) is 17.1 Å². The molecule has 0 atom stereocenters. The lowest BCUT2D eigenvalue weighted by Crippen LogP contribution is -2.42. The number of rotatable bonds is 4. The van der Waals surface area contributed by atoms with Gasteiger partial charge >= 0.3 is 11.9 Å². The van der Waals surface area contributed by atoms with Crippen LogP contribution in [0.5, 0.6) is 0 Å². The first-order valence-electron chi connectivity index (χ1n) is 10.7. The normalized spacial score (nSPS) is 11.6. The maximum absolute atomic E-state index is 13.7. The van der Waals surface area contributed by atoms with Gasteiger partial charge in [0.25, 0.3) is 5.56 Å². The summed E-state index contributed by atoms with van der Waals surface area (Å²) >= 11 is 2.02. The molecule has 2 aromatic heterocycles. The van der Waals surface area contributed by atoms with Gasteiger partial charge in [-0.2, -0.15) is 18.3 Å². The number of hydrogen-bond acceptors (Lipinski definition) is 3. The Kier molecular flexibility index (Phi) is 6.66. The lowest BCUT2D eigenvalue weighted by atomic mass is 10.1. The van der Waals surface area contributed by atoms with Crippen molar-refractivity contribution in [1.29, 1.82) is 0 Å². The predicted octanol–water partition coefficient (Wildman–Crippen LogP) is 5.92. The Morgan fingerprint density at radius 3 is 2.31 bits per heavy atom. The minimum atomic E-state index is -4.60. The van der Waals surface area contributed by atoms with E-state index in [0.29, 0.717) is 20.6 Å². The monoisotopic (exact) mass is 605 g/mol. The first-order valence-corrected chi connectivity index (χ1v) is 11.8. The predicted molar refractivity (Wildman–Crippen MR) is 138 cm³/mol. The SMILES string of the molecule is [C-]#[N+]c1ccc(-n2ncc(I)c2-c2c(C)n(-c3cccc(C(F)(F)F)c3)c(=O)n(C(C)C)c2=O)cc1. The molecule has 0 amide bonds. The smallest absolute Gasteiger partial charge is 0.268 e. The van der Waals surface area contributed by atoms with Crippen molar-refractivity contribution in [3.8, 4) is 22.6 Å². The summed E-state index contributed by atoms with van der Waals surface area (Å²) in [5, 5.41) is 4.39. The Balaban J connectivity index is 2.08. The summed E-state index contributed by atoms with van der Waals surface area (Å²) < 4.78 is 44.6. The van der Waals surface area contributed by atoms with Crippen molar-refractivity contribution >= 4 is 28.3 Å². The molecule has 36 heavy (non-hydrogen) atoms. The largest absolute Gasteiger partial charge is 0.416 e. The van der Waals surface area contributed by atoms with E-state index in [1.807, 2.05) is 22.6 Å². The molecule has 0 unspecified atom stereocenters. The van der Waals surface area contributed by atoms with E-state index in [2.05, 4.69) is 9.94 Å². The second kappa shape index (κ2) is 9.42. The summed E-state index contributed by atoms with van der Waals surface area (Å²) in [4.78, 5) is 30.5. The van der Waals surface area contributed by atoms with Gasteiger partial charge in [-0.3, -0.25) is 13.9 Å². The first-order chi connectivity index (χ1) is 17.0. The van der Waals surface area contributed by atoms with Gasteiger partial charge in [-0.25, -0.2) is 14.3 Å². The summed E-state index contributed by atoms with van der Waals surface area (Å²) in [6.45, 7) is 12.0. The first kappa shape index (κ1) is 25.4. The van der Waals surface area contributed by atoms with E-state index in [1.165, 1.54) is 23.7 Å². The maximum Gasteiger partial charge on any atom is 0.416 e. The minimum Gasteiger partial charge on any atom is -0.268 e. The van der Waals surface area contributed by atoms with Gasteiger partial charge in [-0.1, -0.05) is 18.2 Å². The van der Waals surface area contributed by atoms with Gasteiger partial charge in [-0.15, -0.1) is 0 Å². The molecule has 0 spiro atoms. The molecule has 184 valence electrons. The standard InChI is InChI=1S/C25H19F3IN5O2/c1-14(2)32-23(35)21(22-20(29)13-31-34(22)18-10-8-17(30-4)9-11-18)15(3)33(24(32)36)19-7-5-6-16(12-19)25(26,27)28/h5-14H,1-3H3. The minimum absolute atomic E-state index is 0.00883. The van der Waals surface area contributed by atoms with Crippen molar-refractivity contribution in [2.75, 3.05) is 0 Å². The molecule has 7 nitrogen and oxygen atoms in total. The highest BCUT2D eigenvalue weighted by atomic mass is 127. The van der Waals surface area contributed by atoms with Crippen LogP contribution in [-0.4, -0.2) is 18.9 Å². The molecule has 0 aliphatic rings. The summed E-state index contributed by atoms with van der Waals surface area (Å²) in [6, 6.07) is 10.5. The molecule has 0 radical (unpaired) electrons. The van der Waals surface area contributed by atoms with Crippen LogP contribution in [-0.2, 0) is 6.18 Å². The van der Waals surface area contributed by atoms with Crippen LogP contribution in [0.4, 0.5) is 18.9 Å².